The number of nitrogens with zero attached hydrogens (tertiary/aromatic N) is 1. The number of benzene rings is 1. The Morgan fingerprint density at radius 1 is 1.14 bits per heavy atom. The Hall–Kier alpha value is -1.60. The van der Waals surface area contributed by atoms with Gasteiger partial charge < -0.3 is 10.7 Å². The summed E-state index contributed by atoms with van der Waals surface area (Å²) in [5.74, 6) is 4.26. The van der Waals surface area contributed by atoms with Crippen LogP contribution in [0.5, 0.6) is 0 Å². The zero-order valence-electron chi connectivity index (χ0n) is 10.3. The van der Waals surface area contributed by atoms with E-state index in [0.717, 1.165) is 12.1 Å². The van der Waals surface area contributed by atoms with Crippen LogP contribution in [0.3, 0.4) is 0 Å². The van der Waals surface area contributed by atoms with Crippen molar-refractivity contribution >= 4 is 52.2 Å². The van der Waals surface area contributed by atoms with Crippen molar-refractivity contribution < 1.29 is 9.18 Å². The number of hydrogen-bond acceptors (Lipinski definition) is 4. The number of hydrogen-bond donors (Lipinski definition) is 3. The maximum absolute atomic E-state index is 13.1. The standard InChI is InChI=1S/C12H8Cl3FN4O/c13-7-2-6(16)3-8(14)10(7)19-12(21)5-1-9(15)11(20-17)18-4-5/h1-4H,17H2,(H,18,20)(H,19,21). The molecule has 1 aromatic carbocycles. The minimum atomic E-state index is -0.605. The largest absolute Gasteiger partial charge is 0.319 e. The molecule has 110 valence electrons. The van der Waals surface area contributed by atoms with Gasteiger partial charge >= 0.3 is 0 Å². The molecule has 0 unspecified atom stereocenters. The van der Waals surface area contributed by atoms with E-state index < -0.39 is 11.7 Å². The van der Waals surface area contributed by atoms with E-state index in [2.05, 4.69) is 15.7 Å². The quantitative estimate of drug-likeness (QED) is 0.583. The average molecular weight is 350 g/mol. The SMILES string of the molecule is NNc1ncc(C(=O)Nc2c(Cl)cc(F)cc2Cl)cc1Cl. The van der Waals surface area contributed by atoms with Crippen LogP contribution in [-0.2, 0) is 0 Å². The molecular weight excluding hydrogens is 342 g/mol. The summed E-state index contributed by atoms with van der Waals surface area (Å²) in [5, 5.41) is 2.59. The molecule has 0 saturated carbocycles. The van der Waals surface area contributed by atoms with Gasteiger partial charge in [0.1, 0.15) is 5.82 Å². The van der Waals surface area contributed by atoms with Gasteiger partial charge in [-0.15, -0.1) is 0 Å². The van der Waals surface area contributed by atoms with Crippen molar-refractivity contribution in [2.75, 3.05) is 10.7 Å². The molecule has 0 fully saturated rings. The second-order valence-corrected chi connectivity index (χ2v) is 5.12. The van der Waals surface area contributed by atoms with Crippen molar-refractivity contribution in [2.24, 2.45) is 5.84 Å². The molecule has 0 radical (unpaired) electrons. The fourth-order valence-corrected chi connectivity index (χ4v) is 2.29. The Morgan fingerprint density at radius 3 is 2.29 bits per heavy atom. The van der Waals surface area contributed by atoms with E-state index in [1.165, 1.54) is 12.3 Å². The van der Waals surface area contributed by atoms with Crippen LogP contribution in [0.4, 0.5) is 15.9 Å². The van der Waals surface area contributed by atoms with Gasteiger partial charge in [0.15, 0.2) is 5.82 Å². The summed E-state index contributed by atoms with van der Waals surface area (Å²) in [4.78, 5) is 15.9. The number of anilines is 2. The molecule has 1 aromatic heterocycles. The highest BCUT2D eigenvalue weighted by Crippen LogP contribution is 2.32. The van der Waals surface area contributed by atoms with Crippen LogP contribution in [0.25, 0.3) is 0 Å². The summed E-state index contributed by atoms with van der Waals surface area (Å²) in [6, 6.07) is 3.44. The smallest absolute Gasteiger partial charge is 0.257 e. The zero-order valence-corrected chi connectivity index (χ0v) is 12.5. The van der Waals surface area contributed by atoms with E-state index in [-0.39, 0.29) is 32.1 Å². The number of nitrogen functional groups attached to an aromatic ring is 1. The highest BCUT2D eigenvalue weighted by Gasteiger charge is 2.14. The number of nitrogens with two attached hydrogens (primary N) is 1. The second-order valence-electron chi connectivity index (χ2n) is 3.90. The highest BCUT2D eigenvalue weighted by atomic mass is 35.5. The Bertz CT molecular complexity index is 688. The lowest BCUT2D eigenvalue weighted by molar-refractivity contribution is 0.102. The van der Waals surface area contributed by atoms with Gasteiger partial charge in [0.05, 0.1) is 26.3 Å². The third-order valence-corrected chi connectivity index (χ3v) is 3.37. The Balaban J connectivity index is 2.28. The molecule has 2 aromatic rings. The van der Waals surface area contributed by atoms with Crippen molar-refractivity contribution in [3.63, 3.8) is 0 Å². The minimum absolute atomic E-state index is 0.0207. The van der Waals surface area contributed by atoms with Crippen LogP contribution in [0.2, 0.25) is 15.1 Å². The van der Waals surface area contributed by atoms with Crippen molar-refractivity contribution in [1.82, 2.24) is 4.98 Å². The molecule has 0 aliphatic rings. The topological polar surface area (TPSA) is 80.0 Å². The summed E-state index contributed by atoms with van der Waals surface area (Å²) in [6.07, 6.45) is 1.27. The minimum Gasteiger partial charge on any atom is -0.319 e. The fourth-order valence-electron chi connectivity index (χ4n) is 1.52. The molecule has 0 aliphatic heterocycles. The monoisotopic (exact) mass is 348 g/mol. The third-order valence-electron chi connectivity index (χ3n) is 2.49. The average Bonchev–Trinajstić information content (AvgIpc) is 2.42. The highest BCUT2D eigenvalue weighted by molar-refractivity contribution is 6.40. The van der Waals surface area contributed by atoms with E-state index in [1.54, 1.807) is 0 Å². The van der Waals surface area contributed by atoms with Gasteiger partial charge in [0.25, 0.3) is 5.91 Å². The van der Waals surface area contributed by atoms with Crippen molar-refractivity contribution in [1.29, 1.82) is 0 Å². The molecule has 2 rings (SSSR count). The second kappa shape index (κ2) is 6.44. The summed E-state index contributed by atoms with van der Waals surface area (Å²) in [6.45, 7) is 0. The first-order valence-electron chi connectivity index (χ1n) is 5.50. The number of carbonyl (C=O) groups excluding carboxylic acids is 1. The Kier molecular flexibility index (Phi) is 4.84. The maximum atomic E-state index is 13.1. The molecule has 1 amide bonds. The van der Waals surface area contributed by atoms with E-state index >= 15 is 0 Å². The molecule has 4 N–H and O–H groups in total. The number of amides is 1. The fraction of sp³-hybridized carbons (Fsp3) is 0. The Morgan fingerprint density at radius 2 is 1.76 bits per heavy atom. The van der Waals surface area contributed by atoms with Crippen LogP contribution in [0.15, 0.2) is 24.4 Å². The lowest BCUT2D eigenvalue weighted by Crippen LogP contribution is -2.15. The number of rotatable bonds is 3. The summed E-state index contributed by atoms with van der Waals surface area (Å²) >= 11 is 17.5. The van der Waals surface area contributed by atoms with Crippen LogP contribution in [0.1, 0.15) is 10.4 Å². The maximum Gasteiger partial charge on any atom is 0.257 e. The van der Waals surface area contributed by atoms with Gasteiger partial charge in [-0.3, -0.25) is 4.79 Å². The van der Waals surface area contributed by atoms with Gasteiger partial charge in [-0.05, 0) is 18.2 Å². The van der Waals surface area contributed by atoms with Crippen LogP contribution >= 0.6 is 34.8 Å². The first kappa shape index (κ1) is 15.8. The number of aromatic nitrogens is 1. The molecular formula is C12H8Cl3FN4O. The summed E-state index contributed by atoms with van der Waals surface area (Å²) in [5.41, 5.74) is 2.54. The molecule has 0 saturated heterocycles. The van der Waals surface area contributed by atoms with Crippen molar-refractivity contribution in [3.05, 3.63) is 50.8 Å². The number of nitrogens with one attached hydrogen (secondary N) is 2. The van der Waals surface area contributed by atoms with Gasteiger partial charge in [0.2, 0.25) is 0 Å². The van der Waals surface area contributed by atoms with E-state index in [0.29, 0.717) is 0 Å². The van der Waals surface area contributed by atoms with Crippen molar-refractivity contribution in [3.8, 4) is 0 Å². The Labute approximate surface area is 134 Å². The number of halogens is 4. The summed E-state index contributed by atoms with van der Waals surface area (Å²) in [7, 11) is 0. The molecule has 21 heavy (non-hydrogen) atoms. The van der Waals surface area contributed by atoms with Crippen LogP contribution in [0, 0.1) is 5.82 Å². The first-order valence-corrected chi connectivity index (χ1v) is 6.64. The summed E-state index contributed by atoms with van der Waals surface area (Å²) < 4.78 is 13.1. The first-order chi connectivity index (χ1) is 9.92. The van der Waals surface area contributed by atoms with Gasteiger partial charge in [-0.2, -0.15) is 0 Å². The number of hydrazine groups is 1. The van der Waals surface area contributed by atoms with E-state index in [1.807, 2.05) is 0 Å². The lowest BCUT2D eigenvalue weighted by Gasteiger charge is -2.10. The van der Waals surface area contributed by atoms with Gasteiger partial charge in [-0.25, -0.2) is 15.2 Å². The normalized spacial score (nSPS) is 10.3. The van der Waals surface area contributed by atoms with Gasteiger partial charge in [0, 0.05) is 6.20 Å². The van der Waals surface area contributed by atoms with E-state index in [4.69, 9.17) is 40.6 Å². The molecule has 5 nitrogen and oxygen atoms in total. The lowest BCUT2D eigenvalue weighted by atomic mass is 10.2. The van der Waals surface area contributed by atoms with Gasteiger partial charge in [-0.1, -0.05) is 34.8 Å². The molecule has 0 bridgehead atoms. The van der Waals surface area contributed by atoms with Crippen LogP contribution in [-0.4, -0.2) is 10.9 Å². The molecule has 1 heterocycles. The number of pyridine rings is 1. The third kappa shape index (κ3) is 3.54. The van der Waals surface area contributed by atoms with Crippen LogP contribution < -0.4 is 16.6 Å². The number of carbonyl (C=O) groups is 1. The molecule has 0 aliphatic carbocycles. The molecule has 9 heteroatoms. The van der Waals surface area contributed by atoms with E-state index in [9.17, 15) is 9.18 Å². The van der Waals surface area contributed by atoms with Crippen molar-refractivity contribution in [2.45, 2.75) is 0 Å². The molecule has 0 atom stereocenters. The zero-order chi connectivity index (χ0) is 15.6. The molecule has 0 spiro atoms. The predicted molar refractivity (Wildman–Crippen MR) is 81.4 cm³/mol. The predicted octanol–water partition coefficient (Wildman–Crippen LogP) is 3.72.